The van der Waals surface area contributed by atoms with Gasteiger partial charge in [0.15, 0.2) is 0 Å². The second kappa shape index (κ2) is 5.43. The molecule has 0 radical (unpaired) electrons. The Morgan fingerprint density at radius 3 is 2.35 bits per heavy atom. The van der Waals surface area contributed by atoms with Gasteiger partial charge in [0, 0.05) is 26.2 Å². The summed E-state index contributed by atoms with van der Waals surface area (Å²) in [6.45, 7) is 4.54. The zero-order chi connectivity index (χ0) is 14.9. The van der Waals surface area contributed by atoms with Crippen molar-refractivity contribution in [2.45, 2.75) is 13.8 Å². The third-order valence-corrected chi connectivity index (χ3v) is 4.30. The molecule has 1 amide bonds. The van der Waals surface area contributed by atoms with Gasteiger partial charge in [-0.15, -0.1) is 0 Å². The molecule has 0 aliphatic carbocycles. The summed E-state index contributed by atoms with van der Waals surface area (Å²) < 4.78 is 23.6. The van der Waals surface area contributed by atoms with Gasteiger partial charge in [-0.3, -0.25) is 4.79 Å². The zero-order valence-corrected chi connectivity index (χ0v) is 12.2. The van der Waals surface area contributed by atoms with Gasteiger partial charge in [-0.2, -0.15) is 22.9 Å². The predicted molar refractivity (Wildman–Crippen MR) is 72.1 cm³/mol. The fourth-order valence-electron chi connectivity index (χ4n) is 2.08. The van der Waals surface area contributed by atoms with Crippen LogP contribution in [-0.2, 0) is 10.2 Å². The van der Waals surface area contributed by atoms with E-state index in [4.69, 9.17) is 5.14 Å². The molecule has 1 saturated heterocycles. The van der Waals surface area contributed by atoms with Gasteiger partial charge in [-0.25, -0.2) is 5.14 Å². The Kier molecular flexibility index (Phi) is 4.02. The van der Waals surface area contributed by atoms with Gasteiger partial charge in [0.1, 0.15) is 0 Å². The van der Waals surface area contributed by atoms with Crippen molar-refractivity contribution in [3.63, 3.8) is 0 Å². The second-order valence-electron chi connectivity index (χ2n) is 4.72. The van der Waals surface area contributed by atoms with Crippen molar-refractivity contribution < 1.29 is 13.2 Å². The maximum absolute atomic E-state index is 12.4. The van der Waals surface area contributed by atoms with Gasteiger partial charge in [0.05, 0.1) is 17.0 Å². The first-order valence-electron chi connectivity index (χ1n) is 6.17. The lowest BCUT2D eigenvalue weighted by atomic mass is 10.1. The Hall–Kier alpha value is -1.58. The van der Waals surface area contributed by atoms with Crippen LogP contribution in [0.1, 0.15) is 21.7 Å². The van der Waals surface area contributed by atoms with Crippen LogP contribution in [0.25, 0.3) is 0 Å². The third kappa shape index (κ3) is 3.11. The van der Waals surface area contributed by atoms with E-state index in [1.807, 2.05) is 0 Å². The summed E-state index contributed by atoms with van der Waals surface area (Å²) >= 11 is 0. The summed E-state index contributed by atoms with van der Waals surface area (Å²) in [7, 11) is -3.68. The van der Waals surface area contributed by atoms with E-state index >= 15 is 0 Å². The van der Waals surface area contributed by atoms with E-state index in [9.17, 15) is 13.2 Å². The van der Waals surface area contributed by atoms with Crippen LogP contribution in [0.15, 0.2) is 6.07 Å². The average Bonchev–Trinajstić information content (AvgIpc) is 2.40. The molecule has 0 bridgehead atoms. The first-order chi connectivity index (χ1) is 9.29. The molecule has 0 aromatic carbocycles. The van der Waals surface area contributed by atoms with Crippen LogP contribution < -0.4 is 5.14 Å². The van der Waals surface area contributed by atoms with Crippen LogP contribution in [0, 0.1) is 13.8 Å². The highest BCUT2D eigenvalue weighted by Crippen LogP contribution is 2.12. The number of aromatic nitrogens is 2. The van der Waals surface area contributed by atoms with Gasteiger partial charge >= 0.3 is 0 Å². The molecule has 20 heavy (non-hydrogen) atoms. The fourth-order valence-corrected chi connectivity index (χ4v) is 2.75. The number of nitrogens with two attached hydrogens (primary N) is 1. The molecule has 1 aromatic rings. The molecule has 0 saturated carbocycles. The molecule has 0 unspecified atom stereocenters. The van der Waals surface area contributed by atoms with E-state index < -0.39 is 10.2 Å². The summed E-state index contributed by atoms with van der Waals surface area (Å²) in [5.74, 6) is -0.158. The summed E-state index contributed by atoms with van der Waals surface area (Å²) in [5.41, 5.74) is 1.73. The smallest absolute Gasteiger partial charge is 0.277 e. The summed E-state index contributed by atoms with van der Waals surface area (Å²) in [6, 6.07) is 1.69. The zero-order valence-electron chi connectivity index (χ0n) is 11.4. The normalized spacial score (nSPS) is 17.2. The number of hydrogen-bond donors (Lipinski definition) is 1. The second-order valence-corrected chi connectivity index (χ2v) is 6.27. The molecule has 2 rings (SSSR count). The van der Waals surface area contributed by atoms with E-state index in [2.05, 4.69) is 10.2 Å². The topological polar surface area (TPSA) is 109 Å². The number of amides is 1. The standard InChI is InChI=1S/C11H17N5O3S/c1-8-7-10(9(2)14-13-8)11(17)15-3-5-16(6-4-15)20(12,18)19/h7H,3-6H2,1-2H3,(H2,12,18,19). The molecule has 1 aliphatic heterocycles. The first-order valence-corrected chi connectivity index (χ1v) is 7.67. The Morgan fingerprint density at radius 1 is 1.20 bits per heavy atom. The van der Waals surface area contributed by atoms with Crippen molar-refractivity contribution in [1.29, 1.82) is 0 Å². The summed E-state index contributed by atoms with van der Waals surface area (Å²) in [4.78, 5) is 14.0. The SMILES string of the molecule is Cc1cc(C(=O)N2CCN(S(N)(=O)=O)CC2)c(C)nn1. The summed E-state index contributed by atoms with van der Waals surface area (Å²) in [6.07, 6.45) is 0. The molecule has 110 valence electrons. The largest absolute Gasteiger partial charge is 0.336 e. The molecule has 2 heterocycles. The monoisotopic (exact) mass is 299 g/mol. The van der Waals surface area contributed by atoms with Gasteiger partial charge in [-0.1, -0.05) is 0 Å². The van der Waals surface area contributed by atoms with Crippen LogP contribution in [0.2, 0.25) is 0 Å². The number of aryl methyl sites for hydroxylation is 2. The van der Waals surface area contributed by atoms with E-state index in [1.165, 1.54) is 4.31 Å². The fraction of sp³-hybridized carbons (Fsp3) is 0.545. The Bertz CT molecular complexity index is 623. The van der Waals surface area contributed by atoms with Crippen molar-refractivity contribution in [3.05, 3.63) is 23.0 Å². The lowest BCUT2D eigenvalue weighted by Gasteiger charge is -2.33. The third-order valence-electron chi connectivity index (χ3n) is 3.22. The van der Waals surface area contributed by atoms with E-state index in [1.54, 1.807) is 24.8 Å². The highest BCUT2D eigenvalue weighted by atomic mass is 32.2. The Labute approximate surface area is 117 Å². The number of carbonyl (C=O) groups is 1. The first kappa shape index (κ1) is 14.8. The van der Waals surface area contributed by atoms with Gasteiger partial charge in [0.2, 0.25) is 0 Å². The van der Waals surface area contributed by atoms with Crippen molar-refractivity contribution in [2.75, 3.05) is 26.2 Å². The number of rotatable bonds is 2. The quantitative estimate of drug-likeness (QED) is 0.757. The van der Waals surface area contributed by atoms with Crippen molar-refractivity contribution in [1.82, 2.24) is 19.4 Å². The molecule has 9 heteroatoms. The molecular weight excluding hydrogens is 282 g/mol. The van der Waals surface area contributed by atoms with Crippen LogP contribution in [0.5, 0.6) is 0 Å². The maximum atomic E-state index is 12.4. The number of carbonyl (C=O) groups excluding carboxylic acids is 1. The van der Waals surface area contributed by atoms with Crippen LogP contribution in [0.4, 0.5) is 0 Å². The van der Waals surface area contributed by atoms with Gasteiger partial charge < -0.3 is 4.90 Å². The predicted octanol–water partition coefficient (Wildman–Crippen LogP) is -0.945. The van der Waals surface area contributed by atoms with E-state index in [0.717, 1.165) is 0 Å². The number of hydrogen-bond acceptors (Lipinski definition) is 5. The van der Waals surface area contributed by atoms with Gasteiger partial charge in [0.25, 0.3) is 16.1 Å². The lowest BCUT2D eigenvalue weighted by Crippen LogP contribution is -2.52. The number of nitrogens with zero attached hydrogens (tertiary/aromatic N) is 4. The molecule has 0 atom stereocenters. The number of piperazine rings is 1. The average molecular weight is 299 g/mol. The lowest BCUT2D eigenvalue weighted by molar-refractivity contribution is 0.0696. The maximum Gasteiger partial charge on any atom is 0.277 e. The minimum atomic E-state index is -3.68. The van der Waals surface area contributed by atoms with E-state index in [0.29, 0.717) is 30.0 Å². The minimum absolute atomic E-state index is 0.158. The highest BCUT2D eigenvalue weighted by Gasteiger charge is 2.27. The molecular formula is C11H17N5O3S. The van der Waals surface area contributed by atoms with Crippen LogP contribution >= 0.6 is 0 Å². The minimum Gasteiger partial charge on any atom is -0.336 e. The Morgan fingerprint density at radius 2 is 1.80 bits per heavy atom. The van der Waals surface area contributed by atoms with Crippen LogP contribution in [0.3, 0.4) is 0 Å². The molecule has 1 fully saturated rings. The highest BCUT2D eigenvalue weighted by molar-refractivity contribution is 7.86. The van der Waals surface area contributed by atoms with Crippen molar-refractivity contribution in [2.24, 2.45) is 5.14 Å². The van der Waals surface area contributed by atoms with Crippen molar-refractivity contribution in [3.8, 4) is 0 Å². The summed E-state index contributed by atoms with van der Waals surface area (Å²) in [5, 5.41) is 12.9. The molecule has 1 aliphatic rings. The van der Waals surface area contributed by atoms with Crippen molar-refractivity contribution >= 4 is 16.1 Å². The molecule has 0 spiro atoms. The van der Waals surface area contributed by atoms with E-state index in [-0.39, 0.29) is 19.0 Å². The molecule has 8 nitrogen and oxygen atoms in total. The van der Waals surface area contributed by atoms with Crippen LogP contribution in [-0.4, -0.2) is 59.9 Å². The Balaban J connectivity index is 2.11. The molecule has 1 aromatic heterocycles. The molecule has 2 N–H and O–H groups in total. The van der Waals surface area contributed by atoms with Gasteiger partial charge in [-0.05, 0) is 19.9 Å².